The van der Waals surface area contributed by atoms with Crippen LogP contribution in [0.5, 0.6) is 0 Å². The Hall–Kier alpha value is -0.790. The van der Waals surface area contributed by atoms with Crippen LogP contribution in [-0.2, 0) is 0 Å². The van der Waals surface area contributed by atoms with Gasteiger partial charge in [0.1, 0.15) is 0 Å². The molecule has 0 saturated heterocycles. The summed E-state index contributed by atoms with van der Waals surface area (Å²) < 4.78 is 0. The van der Waals surface area contributed by atoms with Gasteiger partial charge in [-0.1, -0.05) is 43.7 Å². The minimum Gasteiger partial charge on any atom is -0.316 e. The Morgan fingerprint density at radius 1 is 1.29 bits per heavy atom. The van der Waals surface area contributed by atoms with Crippen molar-refractivity contribution in [1.82, 2.24) is 5.32 Å². The fourth-order valence-electron chi connectivity index (χ4n) is 1.61. The lowest BCUT2D eigenvalue weighted by atomic mass is 10.1. The number of halogens is 1. The molecule has 0 aromatic heterocycles. The summed E-state index contributed by atoms with van der Waals surface area (Å²) in [5, 5.41) is 4.23. The zero-order valence-corrected chi connectivity index (χ0v) is 11.7. The highest BCUT2D eigenvalue weighted by atomic mass is 35.5. The molecule has 0 aliphatic carbocycles. The molecule has 0 fully saturated rings. The number of hydrogen-bond acceptors (Lipinski definition) is 1. The molecule has 0 amide bonds. The fourth-order valence-corrected chi connectivity index (χ4v) is 1.74. The average Bonchev–Trinajstić information content (AvgIpc) is 2.29. The van der Waals surface area contributed by atoms with E-state index in [1.165, 1.54) is 11.1 Å². The lowest BCUT2D eigenvalue weighted by Crippen LogP contribution is -2.20. The average molecular weight is 252 g/mol. The van der Waals surface area contributed by atoms with Crippen molar-refractivity contribution in [2.75, 3.05) is 13.1 Å². The monoisotopic (exact) mass is 251 g/mol. The third-order valence-electron chi connectivity index (χ3n) is 2.62. The van der Waals surface area contributed by atoms with Crippen molar-refractivity contribution in [3.05, 3.63) is 40.9 Å². The SMILES string of the molecule is CC(=CCCNCC(C)C)c1ccc(Cl)cc1. The van der Waals surface area contributed by atoms with Crippen molar-refractivity contribution in [3.8, 4) is 0 Å². The van der Waals surface area contributed by atoms with Crippen molar-refractivity contribution in [2.24, 2.45) is 5.92 Å². The minimum atomic E-state index is 0.719. The molecule has 94 valence electrons. The van der Waals surface area contributed by atoms with Crippen LogP contribution in [0.2, 0.25) is 5.02 Å². The molecule has 0 bridgehead atoms. The van der Waals surface area contributed by atoms with Gasteiger partial charge in [-0.05, 0) is 55.6 Å². The van der Waals surface area contributed by atoms with Crippen LogP contribution in [0.25, 0.3) is 5.57 Å². The van der Waals surface area contributed by atoms with Crippen LogP contribution in [0, 0.1) is 5.92 Å². The van der Waals surface area contributed by atoms with Crippen LogP contribution >= 0.6 is 11.6 Å². The maximum absolute atomic E-state index is 5.86. The van der Waals surface area contributed by atoms with Gasteiger partial charge in [-0.15, -0.1) is 0 Å². The lowest BCUT2D eigenvalue weighted by molar-refractivity contribution is 0.557. The van der Waals surface area contributed by atoms with Crippen LogP contribution in [0.1, 0.15) is 32.8 Å². The highest BCUT2D eigenvalue weighted by molar-refractivity contribution is 6.30. The van der Waals surface area contributed by atoms with E-state index in [2.05, 4.69) is 44.3 Å². The molecule has 0 atom stereocenters. The quantitative estimate of drug-likeness (QED) is 0.740. The van der Waals surface area contributed by atoms with Crippen LogP contribution < -0.4 is 5.32 Å². The fraction of sp³-hybridized carbons (Fsp3) is 0.467. The topological polar surface area (TPSA) is 12.0 Å². The summed E-state index contributed by atoms with van der Waals surface area (Å²) in [5.41, 5.74) is 2.56. The molecule has 1 nitrogen and oxygen atoms in total. The molecule has 0 unspecified atom stereocenters. The van der Waals surface area contributed by atoms with Gasteiger partial charge in [0.05, 0.1) is 0 Å². The third-order valence-corrected chi connectivity index (χ3v) is 2.88. The van der Waals surface area contributed by atoms with Crippen molar-refractivity contribution < 1.29 is 0 Å². The van der Waals surface area contributed by atoms with Gasteiger partial charge in [0, 0.05) is 5.02 Å². The van der Waals surface area contributed by atoms with E-state index in [1.54, 1.807) is 0 Å². The number of allylic oxidation sites excluding steroid dienone is 1. The molecule has 2 heteroatoms. The first kappa shape index (κ1) is 14.3. The van der Waals surface area contributed by atoms with Crippen molar-refractivity contribution in [2.45, 2.75) is 27.2 Å². The summed E-state index contributed by atoms with van der Waals surface area (Å²) >= 11 is 5.86. The summed E-state index contributed by atoms with van der Waals surface area (Å²) in [4.78, 5) is 0. The molecule has 1 aromatic carbocycles. The van der Waals surface area contributed by atoms with E-state index in [0.717, 1.165) is 30.5 Å². The number of nitrogens with one attached hydrogen (secondary N) is 1. The van der Waals surface area contributed by atoms with E-state index in [9.17, 15) is 0 Å². The molecule has 0 saturated carbocycles. The van der Waals surface area contributed by atoms with Crippen LogP contribution in [0.15, 0.2) is 30.3 Å². The second-order valence-electron chi connectivity index (χ2n) is 4.78. The van der Waals surface area contributed by atoms with E-state index in [4.69, 9.17) is 11.6 Å². The molecule has 0 aliphatic rings. The second-order valence-corrected chi connectivity index (χ2v) is 5.22. The van der Waals surface area contributed by atoms with Crippen molar-refractivity contribution >= 4 is 17.2 Å². The predicted octanol–water partition coefficient (Wildman–Crippen LogP) is 4.38. The normalized spacial score (nSPS) is 12.2. The Labute approximate surface area is 110 Å². The molecular weight excluding hydrogens is 230 g/mol. The molecule has 1 aromatic rings. The highest BCUT2D eigenvalue weighted by Crippen LogP contribution is 2.17. The van der Waals surface area contributed by atoms with Gasteiger partial charge in [-0.2, -0.15) is 0 Å². The Balaban J connectivity index is 2.36. The summed E-state index contributed by atoms with van der Waals surface area (Å²) in [6, 6.07) is 8.00. The molecule has 0 heterocycles. The molecule has 0 spiro atoms. The largest absolute Gasteiger partial charge is 0.316 e. The van der Waals surface area contributed by atoms with Crippen LogP contribution in [0.4, 0.5) is 0 Å². The standard InChI is InChI=1S/C15H22ClN/c1-12(2)11-17-10-4-5-13(3)14-6-8-15(16)9-7-14/h5-9,12,17H,4,10-11H2,1-3H3. The first-order valence-corrected chi connectivity index (χ1v) is 6.61. The van der Waals surface area contributed by atoms with E-state index >= 15 is 0 Å². The van der Waals surface area contributed by atoms with Gasteiger partial charge in [0.2, 0.25) is 0 Å². The minimum absolute atomic E-state index is 0.719. The highest BCUT2D eigenvalue weighted by Gasteiger charge is 1.95. The third kappa shape index (κ3) is 5.90. The first-order chi connectivity index (χ1) is 8.09. The maximum atomic E-state index is 5.86. The van der Waals surface area contributed by atoms with E-state index in [-0.39, 0.29) is 0 Å². The smallest absolute Gasteiger partial charge is 0.0406 e. The molecule has 1 rings (SSSR count). The van der Waals surface area contributed by atoms with Crippen molar-refractivity contribution in [3.63, 3.8) is 0 Å². The van der Waals surface area contributed by atoms with Gasteiger partial charge < -0.3 is 5.32 Å². The van der Waals surface area contributed by atoms with Crippen molar-refractivity contribution in [1.29, 1.82) is 0 Å². The van der Waals surface area contributed by atoms with Gasteiger partial charge >= 0.3 is 0 Å². The zero-order chi connectivity index (χ0) is 12.7. The Morgan fingerprint density at radius 2 is 1.94 bits per heavy atom. The molecule has 0 aliphatic heterocycles. The Kier molecular flexibility index (Phi) is 6.31. The summed E-state index contributed by atoms with van der Waals surface area (Å²) in [7, 11) is 0. The summed E-state index contributed by atoms with van der Waals surface area (Å²) in [6.07, 6.45) is 3.34. The van der Waals surface area contributed by atoms with E-state index in [0.29, 0.717) is 0 Å². The van der Waals surface area contributed by atoms with Gasteiger partial charge in [-0.3, -0.25) is 0 Å². The van der Waals surface area contributed by atoms with E-state index in [1.807, 2.05) is 12.1 Å². The number of rotatable bonds is 6. The maximum Gasteiger partial charge on any atom is 0.0406 e. The first-order valence-electron chi connectivity index (χ1n) is 6.23. The predicted molar refractivity (Wildman–Crippen MR) is 77.4 cm³/mol. The van der Waals surface area contributed by atoms with Gasteiger partial charge in [-0.25, -0.2) is 0 Å². The molecular formula is C15H22ClN. The Bertz CT molecular complexity index is 352. The number of hydrogen-bond donors (Lipinski definition) is 1. The lowest BCUT2D eigenvalue weighted by Gasteiger charge is -2.06. The molecule has 0 radical (unpaired) electrons. The van der Waals surface area contributed by atoms with Gasteiger partial charge in [0.15, 0.2) is 0 Å². The molecule has 17 heavy (non-hydrogen) atoms. The second kappa shape index (κ2) is 7.52. The van der Waals surface area contributed by atoms with Gasteiger partial charge in [0.25, 0.3) is 0 Å². The van der Waals surface area contributed by atoms with Crippen LogP contribution in [-0.4, -0.2) is 13.1 Å². The summed E-state index contributed by atoms with van der Waals surface area (Å²) in [5.74, 6) is 0.719. The molecule has 1 N–H and O–H groups in total. The zero-order valence-electron chi connectivity index (χ0n) is 11.0. The van der Waals surface area contributed by atoms with E-state index < -0.39 is 0 Å². The number of benzene rings is 1. The Morgan fingerprint density at radius 3 is 2.53 bits per heavy atom. The summed E-state index contributed by atoms with van der Waals surface area (Å²) in [6.45, 7) is 8.73. The van der Waals surface area contributed by atoms with Crippen LogP contribution in [0.3, 0.4) is 0 Å².